The Labute approximate surface area is 68.1 Å². The molecule has 1 rings (SSSR count). The van der Waals surface area contributed by atoms with Gasteiger partial charge in [0.25, 0.3) is 0 Å². The van der Waals surface area contributed by atoms with Gasteiger partial charge in [0.05, 0.1) is 6.61 Å². The average molecular weight is 150 g/mol. The van der Waals surface area contributed by atoms with E-state index in [1.165, 1.54) is 5.57 Å². The van der Waals surface area contributed by atoms with Gasteiger partial charge < -0.3 is 4.74 Å². The Morgan fingerprint density at radius 3 is 2.91 bits per heavy atom. The highest BCUT2D eigenvalue weighted by Gasteiger charge is 2.11. The Morgan fingerprint density at radius 1 is 1.73 bits per heavy atom. The molecule has 1 heteroatoms. The number of allylic oxidation sites excluding steroid dienone is 3. The predicted octanol–water partition coefficient (Wildman–Crippen LogP) is 2.81. The molecule has 0 amide bonds. The summed E-state index contributed by atoms with van der Waals surface area (Å²) >= 11 is 0. The van der Waals surface area contributed by atoms with Crippen molar-refractivity contribution in [2.45, 2.75) is 19.8 Å². The van der Waals surface area contributed by atoms with Crippen molar-refractivity contribution in [2.24, 2.45) is 0 Å². The van der Waals surface area contributed by atoms with Crippen LogP contribution in [0, 0.1) is 0 Å². The quantitative estimate of drug-likeness (QED) is 0.588. The van der Waals surface area contributed by atoms with Gasteiger partial charge in [0.15, 0.2) is 0 Å². The van der Waals surface area contributed by atoms with Gasteiger partial charge in [-0.2, -0.15) is 0 Å². The van der Waals surface area contributed by atoms with Crippen LogP contribution in [0.15, 0.2) is 36.1 Å². The SMILES string of the molecule is C=C(/C=C1/CCOC1=C)CC. The van der Waals surface area contributed by atoms with E-state index < -0.39 is 0 Å². The Bertz CT molecular complexity index is 211. The molecule has 0 aromatic rings. The average Bonchev–Trinajstić information content (AvgIpc) is 2.37. The van der Waals surface area contributed by atoms with E-state index in [1.807, 2.05) is 0 Å². The van der Waals surface area contributed by atoms with Gasteiger partial charge in [-0.1, -0.05) is 31.7 Å². The summed E-state index contributed by atoms with van der Waals surface area (Å²) in [5.74, 6) is 0.819. The summed E-state index contributed by atoms with van der Waals surface area (Å²) in [6, 6.07) is 0. The maximum Gasteiger partial charge on any atom is 0.115 e. The molecule has 0 bridgehead atoms. The van der Waals surface area contributed by atoms with Crippen LogP contribution in [0.4, 0.5) is 0 Å². The third-order valence-corrected chi connectivity index (χ3v) is 1.84. The van der Waals surface area contributed by atoms with E-state index in [1.54, 1.807) is 0 Å². The van der Waals surface area contributed by atoms with Crippen LogP contribution < -0.4 is 0 Å². The van der Waals surface area contributed by atoms with Gasteiger partial charge >= 0.3 is 0 Å². The smallest absolute Gasteiger partial charge is 0.115 e. The molecule has 0 aliphatic carbocycles. The molecule has 0 radical (unpaired) electrons. The van der Waals surface area contributed by atoms with Crippen molar-refractivity contribution in [3.63, 3.8) is 0 Å². The summed E-state index contributed by atoms with van der Waals surface area (Å²) in [7, 11) is 0. The van der Waals surface area contributed by atoms with Gasteiger partial charge in [-0.25, -0.2) is 0 Å². The summed E-state index contributed by atoms with van der Waals surface area (Å²) in [5, 5.41) is 0. The maximum absolute atomic E-state index is 5.21. The molecule has 0 unspecified atom stereocenters. The largest absolute Gasteiger partial charge is 0.494 e. The van der Waals surface area contributed by atoms with Crippen molar-refractivity contribution in [3.8, 4) is 0 Å². The topological polar surface area (TPSA) is 9.23 Å². The highest BCUT2D eigenvalue weighted by Crippen LogP contribution is 2.23. The van der Waals surface area contributed by atoms with Crippen molar-refractivity contribution in [1.82, 2.24) is 0 Å². The summed E-state index contributed by atoms with van der Waals surface area (Å²) in [4.78, 5) is 0. The fraction of sp³-hybridized carbons (Fsp3) is 0.400. The van der Waals surface area contributed by atoms with Crippen LogP contribution in [0.1, 0.15) is 19.8 Å². The van der Waals surface area contributed by atoms with Crippen LogP contribution in [0.2, 0.25) is 0 Å². The molecule has 0 atom stereocenters. The van der Waals surface area contributed by atoms with Crippen LogP contribution in [-0.2, 0) is 4.74 Å². The second-order valence-corrected chi connectivity index (χ2v) is 2.70. The van der Waals surface area contributed by atoms with Gasteiger partial charge in [0.2, 0.25) is 0 Å². The lowest BCUT2D eigenvalue weighted by molar-refractivity contribution is 0.267. The first-order valence-electron chi connectivity index (χ1n) is 3.94. The van der Waals surface area contributed by atoms with E-state index in [-0.39, 0.29) is 0 Å². The van der Waals surface area contributed by atoms with E-state index in [4.69, 9.17) is 4.74 Å². The summed E-state index contributed by atoms with van der Waals surface area (Å²) in [6.07, 6.45) is 4.06. The fourth-order valence-electron chi connectivity index (χ4n) is 1.02. The van der Waals surface area contributed by atoms with Crippen molar-refractivity contribution in [1.29, 1.82) is 0 Å². The van der Waals surface area contributed by atoms with Crippen molar-refractivity contribution in [2.75, 3.05) is 6.61 Å². The number of ether oxygens (including phenoxy) is 1. The van der Waals surface area contributed by atoms with Gasteiger partial charge in [-0.05, 0) is 12.0 Å². The lowest BCUT2D eigenvalue weighted by atomic mass is 10.1. The zero-order valence-electron chi connectivity index (χ0n) is 7.02. The summed E-state index contributed by atoms with van der Waals surface area (Å²) in [6.45, 7) is 10.6. The molecule has 0 spiro atoms. The Hall–Kier alpha value is -0.980. The molecule has 1 aliphatic rings. The molecular formula is C10H14O. The first kappa shape index (κ1) is 8.12. The van der Waals surface area contributed by atoms with Gasteiger partial charge in [-0.3, -0.25) is 0 Å². The van der Waals surface area contributed by atoms with Crippen LogP contribution in [-0.4, -0.2) is 6.61 Å². The minimum absolute atomic E-state index is 0.779. The highest BCUT2D eigenvalue weighted by molar-refractivity contribution is 5.33. The van der Waals surface area contributed by atoms with E-state index in [0.29, 0.717) is 0 Å². The first-order chi connectivity index (χ1) is 5.24. The van der Waals surface area contributed by atoms with Crippen molar-refractivity contribution < 1.29 is 4.74 Å². The summed E-state index contributed by atoms with van der Waals surface area (Å²) in [5.41, 5.74) is 2.35. The van der Waals surface area contributed by atoms with Crippen LogP contribution in [0.25, 0.3) is 0 Å². The number of hydrogen-bond acceptors (Lipinski definition) is 1. The second kappa shape index (κ2) is 3.42. The van der Waals surface area contributed by atoms with E-state index >= 15 is 0 Å². The molecule has 60 valence electrons. The van der Waals surface area contributed by atoms with Crippen molar-refractivity contribution in [3.05, 3.63) is 36.1 Å². The minimum Gasteiger partial charge on any atom is -0.494 e. The molecule has 1 nitrogen and oxygen atoms in total. The Balaban J connectivity index is 2.65. The molecule has 0 aromatic carbocycles. The molecule has 0 saturated carbocycles. The monoisotopic (exact) mass is 150 g/mol. The normalized spacial score (nSPS) is 20.5. The molecule has 1 fully saturated rings. The third kappa shape index (κ3) is 1.97. The van der Waals surface area contributed by atoms with E-state index in [2.05, 4.69) is 26.2 Å². The second-order valence-electron chi connectivity index (χ2n) is 2.70. The Morgan fingerprint density at radius 2 is 2.45 bits per heavy atom. The zero-order chi connectivity index (χ0) is 8.27. The van der Waals surface area contributed by atoms with Gasteiger partial charge in [-0.15, -0.1) is 0 Å². The molecular weight excluding hydrogens is 136 g/mol. The minimum atomic E-state index is 0.779. The van der Waals surface area contributed by atoms with Gasteiger partial charge in [0.1, 0.15) is 5.76 Å². The predicted molar refractivity (Wildman–Crippen MR) is 47.2 cm³/mol. The van der Waals surface area contributed by atoms with E-state index in [9.17, 15) is 0 Å². The maximum atomic E-state index is 5.21. The standard InChI is InChI=1S/C10H14O/c1-4-8(2)7-10-5-6-11-9(10)3/h7H,2-6H2,1H3/b10-7-. The molecule has 0 aromatic heterocycles. The third-order valence-electron chi connectivity index (χ3n) is 1.84. The van der Waals surface area contributed by atoms with Crippen molar-refractivity contribution >= 4 is 0 Å². The first-order valence-corrected chi connectivity index (χ1v) is 3.94. The molecule has 1 heterocycles. The Kier molecular flexibility index (Phi) is 2.53. The summed E-state index contributed by atoms with van der Waals surface area (Å²) < 4.78 is 5.21. The molecule has 1 saturated heterocycles. The van der Waals surface area contributed by atoms with Crippen LogP contribution in [0.5, 0.6) is 0 Å². The van der Waals surface area contributed by atoms with E-state index in [0.717, 1.165) is 30.8 Å². The molecule has 11 heavy (non-hydrogen) atoms. The highest BCUT2D eigenvalue weighted by atomic mass is 16.5. The van der Waals surface area contributed by atoms with Crippen LogP contribution >= 0.6 is 0 Å². The fourth-order valence-corrected chi connectivity index (χ4v) is 1.02. The lowest BCUT2D eigenvalue weighted by Crippen LogP contribution is -1.79. The lowest BCUT2D eigenvalue weighted by Gasteiger charge is -1.97. The number of rotatable bonds is 2. The zero-order valence-corrected chi connectivity index (χ0v) is 7.02. The van der Waals surface area contributed by atoms with Crippen LogP contribution in [0.3, 0.4) is 0 Å². The molecule has 0 N–H and O–H groups in total. The number of hydrogen-bond donors (Lipinski definition) is 0. The van der Waals surface area contributed by atoms with Gasteiger partial charge in [0, 0.05) is 6.42 Å². The molecule has 1 aliphatic heterocycles.